The number of methoxy groups -OCH3 is 3. The molecule has 0 bridgehead atoms. The summed E-state index contributed by atoms with van der Waals surface area (Å²) in [6, 6.07) is 4.00. The Morgan fingerprint density at radius 1 is 1.15 bits per heavy atom. The Labute approximate surface area is 121 Å². The third-order valence-electron chi connectivity index (χ3n) is 3.11. The van der Waals surface area contributed by atoms with E-state index in [4.69, 9.17) is 14.2 Å². The van der Waals surface area contributed by atoms with Gasteiger partial charge in [0.1, 0.15) is 0 Å². The molecule has 112 valence electrons. The molecular formula is C16H25NO3. The minimum absolute atomic E-state index is 0.0728. The van der Waals surface area contributed by atoms with Crippen LogP contribution in [0.1, 0.15) is 31.9 Å². The molecule has 1 N–H and O–H groups in total. The third kappa shape index (κ3) is 3.67. The van der Waals surface area contributed by atoms with Gasteiger partial charge in [0.25, 0.3) is 0 Å². The monoisotopic (exact) mass is 279 g/mol. The Morgan fingerprint density at radius 3 is 2.05 bits per heavy atom. The molecule has 1 atom stereocenters. The highest BCUT2D eigenvalue weighted by Crippen LogP contribution is 2.40. The fourth-order valence-electron chi connectivity index (χ4n) is 2.13. The van der Waals surface area contributed by atoms with Crippen LogP contribution in [0.4, 0.5) is 0 Å². The Hall–Kier alpha value is -1.68. The highest BCUT2D eigenvalue weighted by molar-refractivity contribution is 5.55. The van der Waals surface area contributed by atoms with Gasteiger partial charge in [-0.05, 0) is 37.6 Å². The van der Waals surface area contributed by atoms with Crippen LogP contribution in [-0.4, -0.2) is 27.9 Å². The normalized spacial score (nSPS) is 11.8. The van der Waals surface area contributed by atoms with Crippen molar-refractivity contribution >= 4 is 0 Å². The topological polar surface area (TPSA) is 39.7 Å². The molecular weight excluding hydrogens is 254 g/mol. The fourth-order valence-corrected chi connectivity index (χ4v) is 2.13. The molecule has 0 heterocycles. The van der Waals surface area contributed by atoms with Crippen LogP contribution in [0.25, 0.3) is 0 Å². The molecule has 0 aliphatic rings. The lowest BCUT2D eigenvalue weighted by Gasteiger charge is -2.22. The van der Waals surface area contributed by atoms with Crippen LogP contribution < -0.4 is 19.5 Å². The van der Waals surface area contributed by atoms with Crippen LogP contribution in [0.5, 0.6) is 17.2 Å². The van der Waals surface area contributed by atoms with Crippen molar-refractivity contribution in [1.82, 2.24) is 5.32 Å². The van der Waals surface area contributed by atoms with Gasteiger partial charge in [0.05, 0.1) is 27.4 Å². The number of hydrogen-bond donors (Lipinski definition) is 1. The van der Waals surface area contributed by atoms with E-state index in [9.17, 15) is 0 Å². The maximum Gasteiger partial charge on any atom is 0.203 e. The maximum absolute atomic E-state index is 5.39. The maximum atomic E-state index is 5.39. The molecule has 4 heteroatoms. The highest BCUT2D eigenvalue weighted by atomic mass is 16.5. The summed E-state index contributed by atoms with van der Waals surface area (Å²) < 4.78 is 16.1. The average molecular weight is 279 g/mol. The summed E-state index contributed by atoms with van der Waals surface area (Å²) in [7, 11) is 4.85. The van der Waals surface area contributed by atoms with Gasteiger partial charge >= 0.3 is 0 Å². The summed E-state index contributed by atoms with van der Waals surface area (Å²) >= 11 is 0. The standard InChI is InChI=1S/C16H25NO3/c1-7-8-17-15(11(2)3)12-9-13(18-4)16(20-6)14(10-12)19-5/h9-10,15,17H,2,7-8H2,1,3-6H3. The van der Waals surface area contributed by atoms with Crippen molar-refractivity contribution in [3.63, 3.8) is 0 Å². The minimum Gasteiger partial charge on any atom is -0.493 e. The van der Waals surface area contributed by atoms with Crippen molar-refractivity contribution in [3.8, 4) is 17.2 Å². The SMILES string of the molecule is C=C(C)C(NCCC)c1cc(OC)c(OC)c(OC)c1. The van der Waals surface area contributed by atoms with E-state index in [0.29, 0.717) is 17.2 Å². The molecule has 1 unspecified atom stereocenters. The molecule has 1 rings (SSSR count). The fraction of sp³-hybridized carbons (Fsp3) is 0.500. The van der Waals surface area contributed by atoms with Gasteiger partial charge in [0.2, 0.25) is 5.75 Å². The Morgan fingerprint density at radius 2 is 1.70 bits per heavy atom. The third-order valence-corrected chi connectivity index (χ3v) is 3.11. The van der Waals surface area contributed by atoms with Crippen molar-refractivity contribution in [3.05, 3.63) is 29.8 Å². The first-order valence-corrected chi connectivity index (χ1v) is 6.77. The van der Waals surface area contributed by atoms with Gasteiger partial charge < -0.3 is 19.5 Å². The molecule has 0 aromatic heterocycles. The van der Waals surface area contributed by atoms with Gasteiger partial charge in [-0.15, -0.1) is 0 Å². The number of nitrogens with one attached hydrogen (secondary N) is 1. The van der Waals surface area contributed by atoms with E-state index in [1.54, 1.807) is 21.3 Å². The molecule has 0 aliphatic heterocycles. The van der Waals surface area contributed by atoms with Crippen LogP contribution in [0.3, 0.4) is 0 Å². The summed E-state index contributed by atoms with van der Waals surface area (Å²) in [6.45, 7) is 9.13. The first-order chi connectivity index (χ1) is 9.58. The minimum atomic E-state index is 0.0728. The van der Waals surface area contributed by atoms with Gasteiger partial charge in [-0.3, -0.25) is 0 Å². The molecule has 0 fully saturated rings. The van der Waals surface area contributed by atoms with E-state index in [1.165, 1.54) is 0 Å². The molecule has 0 saturated heterocycles. The second-order valence-electron chi connectivity index (χ2n) is 4.69. The summed E-state index contributed by atoms with van der Waals surface area (Å²) in [4.78, 5) is 0. The van der Waals surface area contributed by atoms with E-state index in [0.717, 1.165) is 24.1 Å². The number of hydrogen-bond acceptors (Lipinski definition) is 4. The summed E-state index contributed by atoms with van der Waals surface area (Å²) in [5.41, 5.74) is 2.10. The van der Waals surface area contributed by atoms with Gasteiger partial charge in [-0.1, -0.05) is 19.1 Å². The predicted molar refractivity (Wildman–Crippen MR) is 81.9 cm³/mol. The van der Waals surface area contributed by atoms with Gasteiger partial charge in [0, 0.05) is 0 Å². The number of rotatable bonds is 8. The Bertz CT molecular complexity index is 432. The summed E-state index contributed by atoms with van der Waals surface area (Å²) in [6.07, 6.45) is 1.06. The lowest BCUT2D eigenvalue weighted by atomic mass is 9.99. The largest absolute Gasteiger partial charge is 0.493 e. The Balaban J connectivity index is 3.24. The number of ether oxygens (including phenoxy) is 3. The predicted octanol–water partition coefficient (Wildman–Crippen LogP) is 3.33. The van der Waals surface area contributed by atoms with E-state index >= 15 is 0 Å². The molecule has 1 aromatic carbocycles. The molecule has 0 aliphatic carbocycles. The van der Waals surface area contributed by atoms with E-state index in [-0.39, 0.29) is 6.04 Å². The first-order valence-electron chi connectivity index (χ1n) is 6.77. The average Bonchev–Trinajstić information content (AvgIpc) is 2.45. The second kappa shape index (κ2) is 7.80. The Kier molecular flexibility index (Phi) is 6.39. The highest BCUT2D eigenvalue weighted by Gasteiger charge is 2.18. The van der Waals surface area contributed by atoms with Crippen molar-refractivity contribution in [2.24, 2.45) is 0 Å². The smallest absolute Gasteiger partial charge is 0.203 e. The molecule has 1 aromatic rings. The van der Waals surface area contributed by atoms with Crippen LogP contribution in [-0.2, 0) is 0 Å². The van der Waals surface area contributed by atoms with Crippen LogP contribution in [0.15, 0.2) is 24.3 Å². The van der Waals surface area contributed by atoms with E-state index < -0.39 is 0 Å². The number of benzene rings is 1. The molecule has 0 amide bonds. The zero-order valence-corrected chi connectivity index (χ0v) is 13.1. The van der Waals surface area contributed by atoms with E-state index in [2.05, 4.69) is 18.8 Å². The van der Waals surface area contributed by atoms with Crippen molar-refractivity contribution in [2.75, 3.05) is 27.9 Å². The lowest BCUT2D eigenvalue weighted by molar-refractivity contribution is 0.323. The second-order valence-corrected chi connectivity index (χ2v) is 4.69. The lowest BCUT2D eigenvalue weighted by Crippen LogP contribution is -2.23. The molecule has 20 heavy (non-hydrogen) atoms. The van der Waals surface area contributed by atoms with Gasteiger partial charge in [-0.2, -0.15) is 0 Å². The van der Waals surface area contributed by atoms with Crippen molar-refractivity contribution < 1.29 is 14.2 Å². The van der Waals surface area contributed by atoms with Gasteiger partial charge in [0.15, 0.2) is 11.5 Å². The van der Waals surface area contributed by atoms with Crippen molar-refractivity contribution in [1.29, 1.82) is 0 Å². The van der Waals surface area contributed by atoms with Gasteiger partial charge in [-0.25, -0.2) is 0 Å². The first kappa shape index (κ1) is 16.4. The summed E-state index contributed by atoms with van der Waals surface area (Å²) in [5.74, 6) is 1.92. The van der Waals surface area contributed by atoms with Crippen LogP contribution in [0.2, 0.25) is 0 Å². The molecule has 0 spiro atoms. The summed E-state index contributed by atoms with van der Waals surface area (Å²) in [5, 5.41) is 3.47. The van der Waals surface area contributed by atoms with Crippen molar-refractivity contribution in [2.45, 2.75) is 26.3 Å². The zero-order chi connectivity index (χ0) is 15.1. The quantitative estimate of drug-likeness (QED) is 0.741. The van der Waals surface area contributed by atoms with Crippen LogP contribution in [0, 0.1) is 0 Å². The molecule has 0 radical (unpaired) electrons. The molecule has 0 saturated carbocycles. The van der Waals surface area contributed by atoms with Crippen LogP contribution >= 0.6 is 0 Å². The van der Waals surface area contributed by atoms with E-state index in [1.807, 2.05) is 19.1 Å². The zero-order valence-electron chi connectivity index (χ0n) is 13.1. The molecule has 4 nitrogen and oxygen atoms in total.